The van der Waals surface area contributed by atoms with Crippen molar-refractivity contribution in [2.45, 2.75) is 57.5 Å². The molecular weight excluding hydrogens is 634 g/mol. The van der Waals surface area contributed by atoms with Gasteiger partial charge in [-0.25, -0.2) is 8.42 Å². The molecule has 0 aromatic heterocycles. The topological polar surface area (TPSA) is 105 Å². The fourth-order valence-electron chi connectivity index (χ4n) is 4.53. The Bertz CT molecular complexity index is 1480. The summed E-state index contributed by atoms with van der Waals surface area (Å²) in [6, 6.07) is 17.8. The minimum atomic E-state index is -4.21. The molecule has 0 aliphatic carbocycles. The van der Waals surface area contributed by atoms with Crippen molar-refractivity contribution in [2.75, 3.05) is 31.6 Å². The maximum Gasteiger partial charge on any atom is 0.264 e. The zero-order valence-corrected chi connectivity index (χ0v) is 27.7. The van der Waals surface area contributed by atoms with Crippen LogP contribution in [0.3, 0.4) is 0 Å². The summed E-state index contributed by atoms with van der Waals surface area (Å²) in [5.41, 5.74) is 2.05. The van der Waals surface area contributed by atoms with Crippen LogP contribution in [0.2, 0.25) is 0 Å². The number of nitrogens with one attached hydrogen (secondary N) is 1. The van der Waals surface area contributed by atoms with Gasteiger partial charge in [0.1, 0.15) is 24.1 Å². The first kappa shape index (κ1) is 33.9. The van der Waals surface area contributed by atoms with E-state index in [1.807, 2.05) is 32.9 Å². The predicted molar refractivity (Wildman–Crippen MR) is 172 cm³/mol. The van der Waals surface area contributed by atoms with Crippen LogP contribution >= 0.6 is 15.9 Å². The lowest BCUT2D eigenvalue weighted by molar-refractivity contribution is -0.140. The van der Waals surface area contributed by atoms with E-state index in [9.17, 15) is 18.0 Å². The van der Waals surface area contributed by atoms with E-state index in [0.29, 0.717) is 34.6 Å². The summed E-state index contributed by atoms with van der Waals surface area (Å²) < 4.78 is 40.3. The lowest BCUT2D eigenvalue weighted by Crippen LogP contribution is -2.52. The zero-order chi connectivity index (χ0) is 31.6. The van der Waals surface area contributed by atoms with Gasteiger partial charge in [0.15, 0.2) is 0 Å². The van der Waals surface area contributed by atoms with Gasteiger partial charge in [-0.3, -0.25) is 13.9 Å². The first-order chi connectivity index (χ1) is 20.5. The van der Waals surface area contributed by atoms with Crippen LogP contribution in [0.25, 0.3) is 0 Å². The minimum absolute atomic E-state index is 0.0143. The van der Waals surface area contributed by atoms with Crippen molar-refractivity contribution >= 4 is 43.5 Å². The number of carbonyl (C=O) groups is 2. The van der Waals surface area contributed by atoms with E-state index in [0.717, 1.165) is 28.3 Å². The monoisotopic (exact) mass is 673 g/mol. The Balaban J connectivity index is 2.05. The second-order valence-electron chi connectivity index (χ2n) is 10.1. The number of unbranched alkanes of at least 4 members (excludes halogenated alkanes) is 1. The quantitative estimate of drug-likeness (QED) is 0.208. The molecule has 3 aromatic carbocycles. The van der Waals surface area contributed by atoms with Crippen LogP contribution in [0.15, 0.2) is 76.1 Å². The molecule has 1 N–H and O–H groups in total. The van der Waals surface area contributed by atoms with Crippen LogP contribution in [0.4, 0.5) is 5.69 Å². The van der Waals surface area contributed by atoms with Gasteiger partial charge in [-0.1, -0.05) is 50.1 Å². The maximum absolute atomic E-state index is 14.2. The van der Waals surface area contributed by atoms with Crippen molar-refractivity contribution in [2.24, 2.45) is 0 Å². The summed E-state index contributed by atoms with van der Waals surface area (Å²) in [4.78, 5) is 29.0. The van der Waals surface area contributed by atoms with Gasteiger partial charge in [-0.15, -0.1) is 0 Å². The molecule has 0 aliphatic heterocycles. The molecule has 9 nitrogen and oxygen atoms in total. The number of benzene rings is 3. The first-order valence-corrected chi connectivity index (χ1v) is 16.4. The van der Waals surface area contributed by atoms with Gasteiger partial charge in [-0.2, -0.15) is 0 Å². The van der Waals surface area contributed by atoms with E-state index in [2.05, 4.69) is 21.2 Å². The van der Waals surface area contributed by atoms with Gasteiger partial charge in [-0.05, 0) is 83.7 Å². The van der Waals surface area contributed by atoms with Crippen LogP contribution in [0.5, 0.6) is 11.5 Å². The molecule has 0 saturated heterocycles. The standard InChI is InChI=1S/C32H40BrN3O6S/c1-6-8-19-34-32(38)29(7-2)35(21-24-11-15-26(41-4)16-12-24)31(37)22-36(25-13-9-23(3)10-14-25)43(39,40)27-17-18-30(42-5)28(33)20-27/h9-18,20,29H,6-8,19,21-22H2,1-5H3,(H,34,38)/t29-/m1/s1. The molecule has 0 radical (unpaired) electrons. The largest absolute Gasteiger partial charge is 0.497 e. The SMILES string of the molecule is CCCCNC(=O)[C@@H](CC)N(Cc1ccc(OC)cc1)C(=O)CN(c1ccc(C)cc1)S(=O)(=O)c1ccc(OC)c(Br)c1. The van der Waals surface area contributed by atoms with Crippen LogP contribution in [-0.2, 0) is 26.2 Å². The van der Waals surface area contributed by atoms with Crippen molar-refractivity contribution in [3.8, 4) is 11.5 Å². The molecule has 0 unspecified atom stereocenters. The fourth-order valence-corrected chi connectivity index (χ4v) is 6.66. The van der Waals surface area contributed by atoms with E-state index >= 15 is 0 Å². The number of ether oxygens (including phenoxy) is 2. The summed E-state index contributed by atoms with van der Waals surface area (Å²) in [6.07, 6.45) is 2.07. The number of sulfonamides is 1. The predicted octanol–water partition coefficient (Wildman–Crippen LogP) is 5.69. The summed E-state index contributed by atoms with van der Waals surface area (Å²) in [5.74, 6) is 0.349. The molecule has 232 valence electrons. The molecule has 0 fully saturated rings. The van der Waals surface area contributed by atoms with Crippen molar-refractivity contribution < 1.29 is 27.5 Å². The highest BCUT2D eigenvalue weighted by Gasteiger charge is 2.34. The average molecular weight is 675 g/mol. The Morgan fingerprint density at radius 2 is 1.63 bits per heavy atom. The molecule has 0 saturated carbocycles. The highest BCUT2D eigenvalue weighted by molar-refractivity contribution is 9.10. The molecule has 0 heterocycles. The summed E-state index contributed by atoms with van der Waals surface area (Å²) in [6.45, 7) is 5.86. The molecule has 0 spiro atoms. The zero-order valence-electron chi connectivity index (χ0n) is 25.3. The Labute approximate surface area is 263 Å². The van der Waals surface area contributed by atoms with Gasteiger partial charge >= 0.3 is 0 Å². The molecule has 0 bridgehead atoms. The Morgan fingerprint density at radius 3 is 2.19 bits per heavy atom. The van der Waals surface area contributed by atoms with Gasteiger partial charge in [0.25, 0.3) is 10.0 Å². The van der Waals surface area contributed by atoms with Gasteiger partial charge in [0, 0.05) is 13.1 Å². The molecule has 3 rings (SSSR count). The summed E-state index contributed by atoms with van der Waals surface area (Å²) in [5, 5.41) is 2.94. The molecule has 43 heavy (non-hydrogen) atoms. The lowest BCUT2D eigenvalue weighted by atomic mass is 10.1. The number of hydrogen-bond acceptors (Lipinski definition) is 6. The molecular formula is C32H40BrN3O6S. The third kappa shape index (κ3) is 8.73. The Kier molecular flexibility index (Phi) is 12.4. The van der Waals surface area contributed by atoms with E-state index in [4.69, 9.17) is 9.47 Å². The number of halogens is 1. The third-order valence-electron chi connectivity index (χ3n) is 7.04. The van der Waals surface area contributed by atoms with Crippen LogP contribution in [-0.4, -0.2) is 58.5 Å². The van der Waals surface area contributed by atoms with E-state index in [1.54, 1.807) is 49.6 Å². The third-order valence-corrected chi connectivity index (χ3v) is 9.43. The van der Waals surface area contributed by atoms with Crippen molar-refractivity contribution in [1.82, 2.24) is 10.2 Å². The smallest absolute Gasteiger partial charge is 0.264 e. The number of aryl methyl sites for hydroxylation is 1. The van der Waals surface area contributed by atoms with E-state index in [1.165, 1.54) is 24.1 Å². The number of rotatable bonds is 15. The van der Waals surface area contributed by atoms with Crippen LogP contribution < -0.4 is 19.1 Å². The second kappa shape index (κ2) is 15.8. The summed E-state index contributed by atoms with van der Waals surface area (Å²) in [7, 11) is -1.15. The number of amides is 2. The molecule has 3 aromatic rings. The van der Waals surface area contributed by atoms with Gasteiger partial charge in [0.2, 0.25) is 11.8 Å². The fraction of sp³-hybridized carbons (Fsp3) is 0.375. The summed E-state index contributed by atoms with van der Waals surface area (Å²) >= 11 is 3.37. The number of carbonyl (C=O) groups excluding carboxylic acids is 2. The van der Waals surface area contributed by atoms with Gasteiger partial charge in [0.05, 0.1) is 29.3 Å². The van der Waals surface area contributed by atoms with Crippen molar-refractivity contribution in [3.63, 3.8) is 0 Å². The van der Waals surface area contributed by atoms with E-state index < -0.39 is 28.5 Å². The number of methoxy groups -OCH3 is 2. The minimum Gasteiger partial charge on any atom is -0.497 e. The maximum atomic E-state index is 14.2. The van der Waals surface area contributed by atoms with Crippen molar-refractivity contribution in [3.05, 3.63) is 82.3 Å². The van der Waals surface area contributed by atoms with Crippen molar-refractivity contribution in [1.29, 1.82) is 0 Å². The number of nitrogens with zero attached hydrogens (tertiary/aromatic N) is 2. The molecule has 0 aliphatic rings. The molecule has 2 amide bonds. The highest BCUT2D eigenvalue weighted by Crippen LogP contribution is 2.31. The van der Waals surface area contributed by atoms with E-state index in [-0.39, 0.29) is 17.3 Å². The van der Waals surface area contributed by atoms with Gasteiger partial charge < -0.3 is 19.7 Å². The number of hydrogen-bond donors (Lipinski definition) is 1. The normalized spacial score (nSPS) is 11.9. The van der Waals surface area contributed by atoms with Crippen LogP contribution in [0.1, 0.15) is 44.2 Å². The Morgan fingerprint density at radius 1 is 0.953 bits per heavy atom. The average Bonchev–Trinajstić information content (AvgIpc) is 3.00. The second-order valence-corrected chi connectivity index (χ2v) is 12.8. The molecule has 11 heteroatoms. The Hall–Kier alpha value is -3.57. The lowest BCUT2D eigenvalue weighted by Gasteiger charge is -2.33. The molecule has 1 atom stereocenters. The van der Waals surface area contributed by atoms with Crippen LogP contribution in [0, 0.1) is 6.92 Å². The highest BCUT2D eigenvalue weighted by atomic mass is 79.9. The first-order valence-electron chi connectivity index (χ1n) is 14.2. The number of anilines is 1.